The van der Waals surface area contributed by atoms with Gasteiger partial charge in [0.1, 0.15) is 5.78 Å². The fraction of sp³-hybridized carbons (Fsp3) is 0.952. The highest BCUT2D eigenvalue weighted by atomic mass is 28.4. The molecule has 2 rings (SSSR count). The molecule has 0 spiro atoms. The molecule has 0 heterocycles. The van der Waals surface area contributed by atoms with E-state index in [1.165, 1.54) is 25.7 Å². The minimum Gasteiger partial charge on any atom is -0.413 e. The quantitative estimate of drug-likeness (QED) is 0.509. The van der Waals surface area contributed by atoms with Crippen LogP contribution in [0.5, 0.6) is 0 Å². The number of ketones is 1. The van der Waals surface area contributed by atoms with E-state index in [0.29, 0.717) is 17.1 Å². The van der Waals surface area contributed by atoms with Gasteiger partial charge in [-0.3, -0.25) is 4.79 Å². The van der Waals surface area contributed by atoms with Crippen molar-refractivity contribution in [3.8, 4) is 0 Å². The third-order valence-corrected chi connectivity index (χ3v) is 7.81. The number of carbonyl (C=O) groups is 1. The van der Waals surface area contributed by atoms with Crippen LogP contribution in [0.4, 0.5) is 0 Å². The van der Waals surface area contributed by atoms with E-state index < -0.39 is 8.32 Å². The van der Waals surface area contributed by atoms with Crippen molar-refractivity contribution < 1.29 is 9.22 Å². The summed E-state index contributed by atoms with van der Waals surface area (Å²) in [5.74, 6) is 2.40. The Morgan fingerprint density at radius 3 is 2.58 bits per heavy atom. The average molecular weight is 353 g/mol. The molecule has 0 aliphatic heterocycles. The summed E-state index contributed by atoms with van der Waals surface area (Å²) >= 11 is 0. The first kappa shape index (κ1) is 20.2. The summed E-state index contributed by atoms with van der Waals surface area (Å²) in [6.07, 6.45) is 9.30. The van der Waals surface area contributed by atoms with Crippen molar-refractivity contribution in [2.24, 2.45) is 23.2 Å². The summed E-state index contributed by atoms with van der Waals surface area (Å²) in [5, 5.41) is 0. The molecule has 2 saturated carbocycles. The molecule has 0 aromatic heterocycles. The Kier molecular flexibility index (Phi) is 6.07. The molecule has 2 aliphatic rings. The monoisotopic (exact) mass is 352 g/mol. The second-order valence-electron chi connectivity index (χ2n) is 10.4. The maximum atomic E-state index is 12.3. The van der Waals surface area contributed by atoms with Gasteiger partial charge in [-0.05, 0) is 82.8 Å². The van der Waals surface area contributed by atoms with E-state index in [0.717, 1.165) is 37.5 Å². The molecule has 0 aromatic carbocycles. The van der Waals surface area contributed by atoms with Crippen LogP contribution in [0.2, 0.25) is 19.6 Å². The van der Waals surface area contributed by atoms with Crippen LogP contribution in [0.15, 0.2) is 0 Å². The Hall–Kier alpha value is -0.153. The smallest absolute Gasteiger partial charge is 0.184 e. The second kappa shape index (κ2) is 7.23. The third-order valence-electron chi connectivity index (χ3n) is 6.64. The molecule has 2 aliphatic carbocycles. The van der Waals surface area contributed by atoms with Crippen molar-refractivity contribution in [2.75, 3.05) is 0 Å². The number of hydrogen-bond donors (Lipinski definition) is 0. The van der Waals surface area contributed by atoms with E-state index in [9.17, 15) is 4.79 Å². The molecular weight excluding hydrogens is 312 g/mol. The maximum absolute atomic E-state index is 12.3. The lowest BCUT2D eigenvalue weighted by Gasteiger charge is -2.42. The normalized spacial score (nSPS) is 32.7. The average Bonchev–Trinajstić information content (AvgIpc) is 2.74. The number of rotatable bonds is 7. The lowest BCUT2D eigenvalue weighted by Crippen LogP contribution is -2.39. The zero-order valence-electron chi connectivity index (χ0n) is 17.2. The van der Waals surface area contributed by atoms with Gasteiger partial charge in [-0.2, -0.15) is 0 Å². The van der Waals surface area contributed by atoms with Crippen LogP contribution < -0.4 is 0 Å². The molecule has 0 N–H and O–H groups in total. The van der Waals surface area contributed by atoms with E-state index in [-0.39, 0.29) is 5.60 Å². The van der Waals surface area contributed by atoms with Crippen LogP contribution in [0.1, 0.15) is 79.1 Å². The minimum absolute atomic E-state index is 0.00705. The van der Waals surface area contributed by atoms with E-state index in [2.05, 4.69) is 47.3 Å². The highest BCUT2D eigenvalue weighted by Crippen LogP contribution is 2.57. The van der Waals surface area contributed by atoms with Gasteiger partial charge in [-0.1, -0.05) is 26.7 Å². The zero-order chi connectivity index (χ0) is 18.2. The van der Waals surface area contributed by atoms with Crippen LogP contribution in [-0.4, -0.2) is 19.7 Å². The topological polar surface area (TPSA) is 26.3 Å². The van der Waals surface area contributed by atoms with Gasteiger partial charge in [0, 0.05) is 12.3 Å². The molecule has 24 heavy (non-hydrogen) atoms. The zero-order valence-corrected chi connectivity index (χ0v) is 18.2. The molecular formula is C21H40O2Si. The van der Waals surface area contributed by atoms with E-state index in [4.69, 9.17) is 4.43 Å². The highest BCUT2D eigenvalue weighted by Gasteiger charge is 2.52. The molecule has 0 radical (unpaired) electrons. The number of carbonyl (C=O) groups excluding carboxylic acids is 1. The van der Waals surface area contributed by atoms with Crippen molar-refractivity contribution in [1.82, 2.24) is 0 Å². The van der Waals surface area contributed by atoms with Gasteiger partial charge < -0.3 is 4.43 Å². The Bertz CT molecular complexity index is 451. The molecule has 3 heteroatoms. The first-order valence-electron chi connectivity index (χ1n) is 10.2. The van der Waals surface area contributed by atoms with E-state index in [1.807, 2.05) is 0 Å². The van der Waals surface area contributed by atoms with Gasteiger partial charge in [-0.25, -0.2) is 0 Å². The van der Waals surface area contributed by atoms with E-state index in [1.54, 1.807) is 0 Å². The lowest BCUT2D eigenvalue weighted by atomic mass is 9.62. The fourth-order valence-electron chi connectivity index (χ4n) is 5.84. The Morgan fingerprint density at radius 2 is 1.96 bits per heavy atom. The van der Waals surface area contributed by atoms with Crippen molar-refractivity contribution in [3.63, 3.8) is 0 Å². The summed E-state index contributed by atoms with van der Waals surface area (Å²) in [7, 11) is -1.48. The minimum atomic E-state index is -1.48. The van der Waals surface area contributed by atoms with Crippen LogP contribution in [0.3, 0.4) is 0 Å². The largest absolute Gasteiger partial charge is 0.413 e. The van der Waals surface area contributed by atoms with Crippen LogP contribution in [0, 0.1) is 23.2 Å². The van der Waals surface area contributed by atoms with Crippen molar-refractivity contribution in [3.05, 3.63) is 0 Å². The molecule has 0 aromatic rings. The van der Waals surface area contributed by atoms with Gasteiger partial charge >= 0.3 is 0 Å². The summed E-state index contributed by atoms with van der Waals surface area (Å²) in [4.78, 5) is 12.3. The van der Waals surface area contributed by atoms with Gasteiger partial charge in [-0.15, -0.1) is 0 Å². The molecule has 0 amide bonds. The van der Waals surface area contributed by atoms with Crippen LogP contribution in [-0.2, 0) is 9.22 Å². The standard InChI is InChI=1S/C21H40O2Si/c1-16(10-8-14-20(2,3)23-24(5,6)7)17-12-13-18-19(22)11-9-15-21(17,18)4/h16-18H,8-15H2,1-7H3/t16?,17?,18-,21-/m1/s1. The molecule has 140 valence electrons. The lowest BCUT2D eigenvalue weighted by molar-refractivity contribution is -0.130. The molecule has 2 unspecified atom stereocenters. The van der Waals surface area contributed by atoms with E-state index >= 15 is 0 Å². The first-order valence-corrected chi connectivity index (χ1v) is 13.6. The fourth-order valence-corrected chi connectivity index (χ4v) is 7.60. The Morgan fingerprint density at radius 1 is 1.29 bits per heavy atom. The predicted molar refractivity (Wildman–Crippen MR) is 105 cm³/mol. The Balaban J connectivity index is 1.87. The molecule has 0 saturated heterocycles. The van der Waals surface area contributed by atoms with Crippen molar-refractivity contribution in [1.29, 1.82) is 0 Å². The Labute approximate surface area is 151 Å². The highest BCUT2D eigenvalue weighted by molar-refractivity contribution is 6.69. The molecule has 2 fully saturated rings. The SMILES string of the molecule is CC(CCCC(C)(C)O[Si](C)(C)C)C1CC[C@@H]2C(=O)CCC[C@]12C. The first-order chi connectivity index (χ1) is 10.9. The van der Waals surface area contributed by atoms with Gasteiger partial charge in [0.25, 0.3) is 0 Å². The van der Waals surface area contributed by atoms with Crippen molar-refractivity contribution in [2.45, 2.75) is 104 Å². The van der Waals surface area contributed by atoms with Gasteiger partial charge in [0.05, 0.1) is 5.60 Å². The predicted octanol–water partition coefficient (Wildman–Crippen LogP) is 6.21. The number of hydrogen-bond acceptors (Lipinski definition) is 2. The van der Waals surface area contributed by atoms with Gasteiger partial charge in [0.15, 0.2) is 8.32 Å². The van der Waals surface area contributed by atoms with Gasteiger partial charge in [0.2, 0.25) is 0 Å². The number of fused-ring (bicyclic) bond motifs is 1. The van der Waals surface area contributed by atoms with Crippen LogP contribution >= 0.6 is 0 Å². The summed E-state index contributed by atoms with van der Waals surface area (Å²) in [5.41, 5.74) is 0.298. The summed E-state index contributed by atoms with van der Waals surface area (Å²) in [6, 6.07) is 0. The summed E-state index contributed by atoms with van der Waals surface area (Å²) in [6.45, 7) is 16.2. The summed E-state index contributed by atoms with van der Waals surface area (Å²) < 4.78 is 6.35. The van der Waals surface area contributed by atoms with Crippen LogP contribution in [0.25, 0.3) is 0 Å². The third kappa shape index (κ3) is 4.72. The number of Topliss-reactive ketones (excluding diaryl/α,β-unsaturated/α-hetero) is 1. The maximum Gasteiger partial charge on any atom is 0.184 e. The van der Waals surface area contributed by atoms with Crippen molar-refractivity contribution >= 4 is 14.1 Å². The molecule has 2 nitrogen and oxygen atoms in total. The molecule has 4 atom stereocenters. The molecule has 0 bridgehead atoms. The second-order valence-corrected chi connectivity index (χ2v) is 14.8.